The van der Waals surface area contributed by atoms with Crippen molar-refractivity contribution in [2.45, 2.75) is 45.4 Å². The van der Waals surface area contributed by atoms with Crippen molar-refractivity contribution in [3.8, 4) is 6.07 Å². The lowest BCUT2D eigenvalue weighted by Gasteiger charge is -2.29. The Morgan fingerprint density at radius 3 is 2.60 bits per heavy atom. The zero-order chi connectivity index (χ0) is 10.7. The van der Waals surface area contributed by atoms with Gasteiger partial charge in [0.1, 0.15) is 0 Å². The molecule has 2 atom stereocenters. The summed E-state index contributed by atoms with van der Waals surface area (Å²) in [5, 5.41) is 9.38. The highest BCUT2D eigenvalue weighted by atomic mass is 16.5. The third-order valence-electron chi connectivity index (χ3n) is 4.11. The van der Waals surface area contributed by atoms with E-state index >= 15 is 0 Å². The maximum Gasteiger partial charge on any atom is 0.0689 e. The van der Waals surface area contributed by atoms with Gasteiger partial charge in [-0.25, -0.2) is 0 Å². The van der Waals surface area contributed by atoms with Crippen molar-refractivity contribution in [1.29, 1.82) is 5.26 Å². The van der Waals surface area contributed by atoms with E-state index in [0.717, 1.165) is 57.2 Å². The number of nitrogens with zero attached hydrogens (tertiary/aromatic N) is 1. The first-order chi connectivity index (χ1) is 7.24. The van der Waals surface area contributed by atoms with Crippen LogP contribution in [0.1, 0.15) is 45.4 Å². The third kappa shape index (κ3) is 2.52. The van der Waals surface area contributed by atoms with Crippen molar-refractivity contribution >= 4 is 0 Å². The lowest BCUT2D eigenvalue weighted by molar-refractivity contribution is 0.0535. The zero-order valence-electron chi connectivity index (χ0n) is 9.67. The van der Waals surface area contributed by atoms with Crippen LogP contribution in [0.5, 0.6) is 0 Å². The van der Waals surface area contributed by atoms with E-state index in [1.165, 1.54) is 6.42 Å². The van der Waals surface area contributed by atoms with Gasteiger partial charge in [0.05, 0.1) is 11.5 Å². The summed E-state index contributed by atoms with van der Waals surface area (Å²) < 4.78 is 5.37. The maximum absolute atomic E-state index is 9.38. The van der Waals surface area contributed by atoms with Gasteiger partial charge in [-0.3, -0.25) is 0 Å². The quantitative estimate of drug-likeness (QED) is 0.697. The largest absolute Gasteiger partial charge is 0.381 e. The first-order valence-corrected chi connectivity index (χ1v) is 6.23. The van der Waals surface area contributed by atoms with Gasteiger partial charge < -0.3 is 4.74 Å². The molecule has 0 amide bonds. The van der Waals surface area contributed by atoms with Gasteiger partial charge in [-0.2, -0.15) is 5.26 Å². The summed E-state index contributed by atoms with van der Waals surface area (Å²) in [5.74, 6) is 1.49. The summed E-state index contributed by atoms with van der Waals surface area (Å²) in [6.07, 6.45) is 6.95. The van der Waals surface area contributed by atoms with Crippen LogP contribution in [-0.4, -0.2) is 13.2 Å². The molecule has 2 nitrogen and oxygen atoms in total. The Balaban J connectivity index is 1.93. The highest BCUT2D eigenvalue weighted by molar-refractivity contribution is 5.04. The van der Waals surface area contributed by atoms with Crippen molar-refractivity contribution in [2.75, 3.05) is 13.2 Å². The summed E-state index contributed by atoms with van der Waals surface area (Å²) in [6, 6.07) is 2.61. The molecule has 2 unspecified atom stereocenters. The summed E-state index contributed by atoms with van der Waals surface area (Å²) >= 11 is 0. The number of hydrogen-bond donors (Lipinski definition) is 0. The standard InChI is InChI=1S/C13H21NO/c1-11-2-5-13(8-11,10-14)9-12-3-6-15-7-4-12/h11-12H,2-9H2,1H3. The monoisotopic (exact) mass is 207 g/mol. The van der Waals surface area contributed by atoms with Crippen LogP contribution >= 0.6 is 0 Å². The SMILES string of the molecule is CC1CCC(C#N)(CC2CCOCC2)C1. The van der Waals surface area contributed by atoms with E-state index in [2.05, 4.69) is 13.0 Å². The van der Waals surface area contributed by atoms with Crippen LogP contribution in [-0.2, 0) is 4.74 Å². The molecular weight excluding hydrogens is 186 g/mol. The summed E-state index contributed by atoms with van der Waals surface area (Å²) in [6.45, 7) is 4.09. The number of hydrogen-bond acceptors (Lipinski definition) is 2. The van der Waals surface area contributed by atoms with Crippen LogP contribution in [0.2, 0.25) is 0 Å². The van der Waals surface area contributed by atoms with Crippen LogP contribution in [0, 0.1) is 28.6 Å². The first-order valence-electron chi connectivity index (χ1n) is 6.23. The molecule has 1 saturated carbocycles. The predicted molar refractivity (Wildman–Crippen MR) is 59.2 cm³/mol. The Morgan fingerprint density at radius 2 is 2.07 bits per heavy atom. The van der Waals surface area contributed by atoms with Crippen molar-refractivity contribution in [3.63, 3.8) is 0 Å². The fraction of sp³-hybridized carbons (Fsp3) is 0.923. The molecule has 1 aliphatic heterocycles. The number of ether oxygens (including phenoxy) is 1. The minimum absolute atomic E-state index is 0.0153. The Kier molecular flexibility index (Phi) is 3.31. The smallest absolute Gasteiger partial charge is 0.0689 e. The molecule has 1 heterocycles. The van der Waals surface area contributed by atoms with E-state index in [0.29, 0.717) is 0 Å². The lowest BCUT2D eigenvalue weighted by Crippen LogP contribution is -2.24. The molecule has 1 aliphatic carbocycles. The van der Waals surface area contributed by atoms with E-state index in [1.54, 1.807) is 0 Å². The lowest BCUT2D eigenvalue weighted by atomic mass is 9.76. The van der Waals surface area contributed by atoms with Crippen molar-refractivity contribution < 1.29 is 4.74 Å². The normalized spacial score (nSPS) is 37.7. The Labute approximate surface area is 92.6 Å². The van der Waals surface area contributed by atoms with Crippen molar-refractivity contribution in [3.05, 3.63) is 0 Å². The fourth-order valence-corrected chi connectivity index (χ4v) is 3.23. The third-order valence-corrected chi connectivity index (χ3v) is 4.11. The van der Waals surface area contributed by atoms with Crippen LogP contribution in [0.4, 0.5) is 0 Å². The van der Waals surface area contributed by atoms with E-state index in [-0.39, 0.29) is 5.41 Å². The topological polar surface area (TPSA) is 33.0 Å². The molecule has 2 rings (SSSR count). The molecule has 2 aliphatic rings. The average molecular weight is 207 g/mol. The zero-order valence-corrected chi connectivity index (χ0v) is 9.67. The van der Waals surface area contributed by atoms with E-state index in [4.69, 9.17) is 4.74 Å². The molecule has 0 aromatic carbocycles. The molecule has 0 aromatic rings. The van der Waals surface area contributed by atoms with Crippen LogP contribution in [0.3, 0.4) is 0 Å². The Bertz CT molecular complexity index is 252. The minimum Gasteiger partial charge on any atom is -0.381 e. The molecule has 2 fully saturated rings. The number of rotatable bonds is 2. The van der Waals surface area contributed by atoms with Gasteiger partial charge in [-0.15, -0.1) is 0 Å². The van der Waals surface area contributed by atoms with Crippen molar-refractivity contribution in [2.24, 2.45) is 17.3 Å². The predicted octanol–water partition coefficient (Wildman–Crippen LogP) is 3.13. The molecular formula is C13H21NO. The molecule has 0 bridgehead atoms. The van der Waals surface area contributed by atoms with Crippen LogP contribution in [0.15, 0.2) is 0 Å². The molecule has 0 N–H and O–H groups in total. The van der Waals surface area contributed by atoms with E-state index < -0.39 is 0 Å². The second-order valence-electron chi connectivity index (χ2n) is 5.50. The van der Waals surface area contributed by atoms with Crippen molar-refractivity contribution in [1.82, 2.24) is 0 Å². The van der Waals surface area contributed by atoms with Gasteiger partial charge in [-0.1, -0.05) is 6.92 Å². The second-order valence-corrected chi connectivity index (χ2v) is 5.50. The summed E-state index contributed by atoms with van der Waals surface area (Å²) in [7, 11) is 0. The van der Waals surface area contributed by atoms with E-state index in [9.17, 15) is 5.26 Å². The van der Waals surface area contributed by atoms with Gasteiger partial charge in [0.25, 0.3) is 0 Å². The van der Waals surface area contributed by atoms with Gasteiger partial charge >= 0.3 is 0 Å². The summed E-state index contributed by atoms with van der Waals surface area (Å²) in [5.41, 5.74) is 0.0153. The van der Waals surface area contributed by atoms with Gasteiger partial charge in [-0.05, 0) is 50.4 Å². The van der Waals surface area contributed by atoms with Crippen LogP contribution in [0.25, 0.3) is 0 Å². The highest BCUT2D eigenvalue weighted by Crippen LogP contribution is 2.46. The van der Waals surface area contributed by atoms with E-state index in [1.807, 2.05) is 0 Å². The molecule has 15 heavy (non-hydrogen) atoms. The van der Waals surface area contributed by atoms with Gasteiger partial charge in [0.2, 0.25) is 0 Å². The fourth-order valence-electron chi connectivity index (χ4n) is 3.23. The average Bonchev–Trinajstić information content (AvgIpc) is 2.62. The Morgan fingerprint density at radius 1 is 1.33 bits per heavy atom. The molecule has 0 spiro atoms. The molecule has 0 aromatic heterocycles. The molecule has 0 radical (unpaired) electrons. The second kappa shape index (κ2) is 4.53. The Hall–Kier alpha value is -0.550. The molecule has 84 valence electrons. The van der Waals surface area contributed by atoms with Crippen LogP contribution < -0.4 is 0 Å². The van der Waals surface area contributed by atoms with Gasteiger partial charge in [0.15, 0.2) is 0 Å². The molecule has 1 saturated heterocycles. The minimum atomic E-state index is 0.0153. The maximum atomic E-state index is 9.38. The first kappa shape index (κ1) is 11.0. The highest BCUT2D eigenvalue weighted by Gasteiger charge is 2.39. The number of nitriles is 1. The summed E-state index contributed by atoms with van der Waals surface area (Å²) in [4.78, 5) is 0. The van der Waals surface area contributed by atoms with Gasteiger partial charge in [0, 0.05) is 13.2 Å². The molecule has 2 heteroatoms.